The van der Waals surface area contributed by atoms with Gasteiger partial charge in [0.15, 0.2) is 5.79 Å². The molecular formula is C15H20O4. The summed E-state index contributed by atoms with van der Waals surface area (Å²) in [5, 5.41) is 0. The standard InChI is InChI=1S/C15H20O4/c1-17-13(16)14(9-12-7-5-4-6-8-12)10-15(11-14,18-2)19-3/h4-8H,9-11H2,1-3H3. The topological polar surface area (TPSA) is 44.8 Å². The van der Waals surface area contributed by atoms with Gasteiger partial charge in [-0.3, -0.25) is 4.79 Å². The Morgan fingerprint density at radius 1 is 1.11 bits per heavy atom. The molecule has 4 nitrogen and oxygen atoms in total. The zero-order chi connectivity index (χ0) is 13.9. The van der Waals surface area contributed by atoms with Crippen molar-refractivity contribution >= 4 is 5.97 Å². The van der Waals surface area contributed by atoms with E-state index in [9.17, 15) is 4.79 Å². The summed E-state index contributed by atoms with van der Waals surface area (Å²) >= 11 is 0. The van der Waals surface area contributed by atoms with Crippen LogP contribution in [0.15, 0.2) is 30.3 Å². The average molecular weight is 264 g/mol. The third kappa shape index (κ3) is 2.51. The molecule has 1 fully saturated rings. The van der Waals surface area contributed by atoms with E-state index in [1.807, 2.05) is 30.3 Å². The zero-order valence-corrected chi connectivity index (χ0v) is 11.6. The van der Waals surface area contributed by atoms with Crippen LogP contribution in [0.5, 0.6) is 0 Å². The Bertz CT molecular complexity index is 429. The first-order chi connectivity index (χ1) is 9.10. The maximum absolute atomic E-state index is 12.1. The Labute approximate surface area is 113 Å². The molecule has 0 heterocycles. The summed E-state index contributed by atoms with van der Waals surface area (Å²) in [5.74, 6) is -0.843. The molecule has 1 aromatic rings. The SMILES string of the molecule is COC(=O)C1(Cc2ccccc2)CC(OC)(OC)C1. The van der Waals surface area contributed by atoms with Crippen molar-refractivity contribution in [3.8, 4) is 0 Å². The molecule has 0 aliphatic heterocycles. The largest absolute Gasteiger partial charge is 0.469 e. The molecule has 0 N–H and O–H groups in total. The van der Waals surface area contributed by atoms with Crippen LogP contribution in [0.4, 0.5) is 0 Å². The van der Waals surface area contributed by atoms with Gasteiger partial charge in [-0.15, -0.1) is 0 Å². The molecule has 19 heavy (non-hydrogen) atoms. The zero-order valence-electron chi connectivity index (χ0n) is 11.6. The highest BCUT2D eigenvalue weighted by Gasteiger charge is 2.60. The highest BCUT2D eigenvalue weighted by molar-refractivity contribution is 5.78. The summed E-state index contributed by atoms with van der Waals surface area (Å²) in [6.07, 6.45) is 1.69. The van der Waals surface area contributed by atoms with E-state index in [0.717, 1.165) is 5.56 Å². The van der Waals surface area contributed by atoms with Crippen LogP contribution in [0.25, 0.3) is 0 Å². The lowest BCUT2D eigenvalue weighted by atomic mass is 9.61. The Hall–Kier alpha value is -1.39. The number of carbonyl (C=O) groups is 1. The second-order valence-electron chi connectivity index (χ2n) is 5.11. The minimum absolute atomic E-state index is 0.193. The fourth-order valence-electron chi connectivity index (χ4n) is 2.90. The molecule has 0 saturated heterocycles. The minimum Gasteiger partial charge on any atom is -0.469 e. The quantitative estimate of drug-likeness (QED) is 0.604. The molecule has 1 aliphatic carbocycles. The fourth-order valence-corrected chi connectivity index (χ4v) is 2.90. The summed E-state index contributed by atoms with van der Waals surface area (Å²) in [6, 6.07) is 9.94. The highest BCUT2D eigenvalue weighted by Crippen LogP contribution is 2.53. The molecule has 104 valence electrons. The van der Waals surface area contributed by atoms with Gasteiger partial charge >= 0.3 is 5.97 Å². The first-order valence-electron chi connectivity index (χ1n) is 6.32. The molecular weight excluding hydrogens is 244 g/mol. The molecule has 1 aromatic carbocycles. The van der Waals surface area contributed by atoms with E-state index in [0.29, 0.717) is 19.3 Å². The monoisotopic (exact) mass is 264 g/mol. The van der Waals surface area contributed by atoms with Crippen LogP contribution in [-0.2, 0) is 25.4 Å². The lowest BCUT2D eigenvalue weighted by Gasteiger charge is -2.52. The lowest BCUT2D eigenvalue weighted by molar-refractivity contribution is -0.295. The van der Waals surface area contributed by atoms with E-state index >= 15 is 0 Å². The van der Waals surface area contributed by atoms with Gasteiger partial charge < -0.3 is 14.2 Å². The number of methoxy groups -OCH3 is 3. The van der Waals surface area contributed by atoms with E-state index in [2.05, 4.69) is 0 Å². The molecule has 1 aliphatic rings. The summed E-state index contributed by atoms with van der Waals surface area (Å²) in [6.45, 7) is 0. The lowest BCUT2D eigenvalue weighted by Crippen LogP contribution is -2.59. The molecule has 0 amide bonds. The summed E-state index contributed by atoms with van der Waals surface area (Å²) in [7, 11) is 4.63. The molecule has 1 saturated carbocycles. The van der Waals surface area contributed by atoms with Crippen LogP contribution in [0.1, 0.15) is 18.4 Å². The Kier molecular flexibility index (Phi) is 3.92. The van der Waals surface area contributed by atoms with Crippen molar-refractivity contribution in [3.05, 3.63) is 35.9 Å². The molecule has 0 bridgehead atoms. The van der Waals surface area contributed by atoms with Crippen molar-refractivity contribution in [2.75, 3.05) is 21.3 Å². The van der Waals surface area contributed by atoms with Crippen molar-refractivity contribution < 1.29 is 19.0 Å². The molecule has 0 unspecified atom stereocenters. The number of hydrogen-bond acceptors (Lipinski definition) is 4. The number of benzene rings is 1. The Morgan fingerprint density at radius 3 is 2.16 bits per heavy atom. The predicted octanol–water partition coefficient (Wildman–Crippen LogP) is 2.17. The van der Waals surface area contributed by atoms with Gasteiger partial charge in [-0.1, -0.05) is 30.3 Å². The first kappa shape index (κ1) is 14.0. The summed E-state index contributed by atoms with van der Waals surface area (Å²) in [4.78, 5) is 12.1. The van der Waals surface area contributed by atoms with Gasteiger partial charge in [0, 0.05) is 27.1 Å². The van der Waals surface area contributed by atoms with E-state index in [1.165, 1.54) is 7.11 Å². The molecule has 0 radical (unpaired) electrons. The molecule has 4 heteroatoms. The van der Waals surface area contributed by atoms with Gasteiger partial charge in [0.05, 0.1) is 12.5 Å². The van der Waals surface area contributed by atoms with Gasteiger partial charge in [-0.2, -0.15) is 0 Å². The van der Waals surface area contributed by atoms with Gasteiger partial charge in [0.25, 0.3) is 0 Å². The minimum atomic E-state index is -0.650. The van der Waals surface area contributed by atoms with Gasteiger partial charge in [0.2, 0.25) is 0 Å². The van der Waals surface area contributed by atoms with Crippen molar-refractivity contribution in [2.45, 2.75) is 25.0 Å². The van der Waals surface area contributed by atoms with Crippen LogP contribution in [0.3, 0.4) is 0 Å². The molecule has 2 rings (SSSR count). The number of rotatable bonds is 5. The summed E-state index contributed by atoms with van der Waals surface area (Å²) in [5.41, 5.74) is 0.580. The molecule has 0 atom stereocenters. The maximum Gasteiger partial charge on any atom is 0.312 e. The number of ether oxygens (including phenoxy) is 3. The Balaban J connectivity index is 2.18. The second-order valence-corrected chi connectivity index (χ2v) is 5.11. The maximum atomic E-state index is 12.1. The van der Waals surface area contributed by atoms with Gasteiger partial charge in [-0.05, 0) is 12.0 Å². The number of carbonyl (C=O) groups excluding carboxylic acids is 1. The highest BCUT2D eigenvalue weighted by atomic mass is 16.7. The van der Waals surface area contributed by atoms with Crippen LogP contribution < -0.4 is 0 Å². The van der Waals surface area contributed by atoms with E-state index < -0.39 is 11.2 Å². The predicted molar refractivity (Wildman–Crippen MR) is 70.6 cm³/mol. The number of hydrogen-bond donors (Lipinski definition) is 0. The fraction of sp³-hybridized carbons (Fsp3) is 0.533. The van der Waals surface area contributed by atoms with Crippen molar-refractivity contribution in [1.82, 2.24) is 0 Å². The van der Waals surface area contributed by atoms with Crippen LogP contribution in [0, 0.1) is 5.41 Å². The van der Waals surface area contributed by atoms with Crippen molar-refractivity contribution in [2.24, 2.45) is 5.41 Å². The van der Waals surface area contributed by atoms with Crippen molar-refractivity contribution in [3.63, 3.8) is 0 Å². The second kappa shape index (κ2) is 5.31. The molecule has 0 spiro atoms. The third-order valence-electron chi connectivity index (χ3n) is 3.96. The van der Waals surface area contributed by atoms with E-state index in [4.69, 9.17) is 14.2 Å². The first-order valence-corrected chi connectivity index (χ1v) is 6.32. The van der Waals surface area contributed by atoms with Crippen molar-refractivity contribution in [1.29, 1.82) is 0 Å². The summed E-state index contributed by atoms with van der Waals surface area (Å²) < 4.78 is 15.7. The third-order valence-corrected chi connectivity index (χ3v) is 3.96. The van der Waals surface area contributed by atoms with E-state index in [1.54, 1.807) is 14.2 Å². The Morgan fingerprint density at radius 2 is 1.68 bits per heavy atom. The smallest absolute Gasteiger partial charge is 0.312 e. The van der Waals surface area contributed by atoms with E-state index in [-0.39, 0.29) is 5.97 Å². The van der Waals surface area contributed by atoms with Gasteiger partial charge in [-0.25, -0.2) is 0 Å². The van der Waals surface area contributed by atoms with Crippen LogP contribution in [0.2, 0.25) is 0 Å². The normalized spacial score (nSPS) is 19.5. The van der Waals surface area contributed by atoms with Crippen LogP contribution >= 0.6 is 0 Å². The molecule has 0 aromatic heterocycles. The average Bonchev–Trinajstić information content (AvgIpc) is 2.42. The number of esters is 1. The van der Waals surface area contributed by atoms with Gasteiger partial charge in [0.1, 0.15) is 0 Å². The van der Waals surface area contributed by atoms with Crippen LogP contribution in [-0.4, -0.2) is 33.1 Å².